The Balaban J connectivity index is 1.73. The highest BCUT2D eigenvalue weighted by Gasteiger charge is 2.00. The van der Waals surface area contributed by atoms with Gasteiger partial charge in [0.1, 0.15) is 5.69 Å². The maximum absolute atomic E-state index is 11.7. The molecule has 0 aliphatic heterocycles. The van der Waals surface area contributed by atoms with Crippen molar-refractivity contribution in [2.75, 3.05) is 13.2 Å². The summed E-state index contributed by atoms with van der Waals surface area (Å²) in [5.74, 6) is -0.142. The third-order valence-electron chi connectivity index (χ3n) is 3.22. The normalized spacial score (nSPS) is 11.3. The lowest BCUT2D eigenvalue weighted by Gasteiger charge is -2.07. The standard InChI is InChI=1S/C18H24N4O2/c1-15(2)24-12-6-11-19-18(23)10-9-17-14-22(21-20-17)13-16-7-4-3-5-8-16/h3-5,7-10,14-15H,6,11-13H2,1-2H3,(H,19,23). The molecule has 0 atom stereocenters. The van der Waals surface area contributed by atoms with Gasteiger partial charge in [-0.1, -0.05) is 35.5 Å². The minimum Gasteiger partial charge on any atom is -0.379 e. The molecule has 2 rings (SSSR count). The van der Waals surface area contributed by atoms with E-state index in [1.807, 2.05) is 50.4 Å². The van der Waals surface area contributed by atoms with Crippen LogP contribution >= 0.6 is 0 Å². The Labute approximate surface area is 142 Å². The molecule has 128 valence electrons. The first-order valence-corrected chi connectivity index (χ1v) is 8.15. The highest BCUT2D eigenvalue weighted by atomic mass is 16.5. The van der Waals surface area contributed by atoms with E-state index in [1.165, 1.54) is 6.08 Å². The molecule has 0 fully saturated rings. The molecule has 1 aromatic heterocycles. The topological polar surface area (TPSA) is 69.0 Å². The fourth-order valence-corrected chi connectivity index (χ4v) is 2.06. The lowest BCUT2D eigenvalue weighted by molar-refractivity contribution is -0.116. The molecule has 1 heterocycles. The Hall–Kier alpha value is -2.47. The van der Waals surface area contributed by atoms with Crippen molar-refractivity contribution in [2.24, 2.45) is 0 Å². The molecular weight excluding hydrogens is 304 g/mol. The van der Waals surface area contributed by atoms with Gasteiger partial charge in [-0.25, -0.2) is 4.68 Å². The molecule has 0 radical (unpaired) electrons. The van der Waals surface area contributed by atoms with Crippen LogP contribution in [0.4, 0.5) is 0 Å². The first-order chi connectivity index (χ1) is 11.6. The van der Waals surface area contributed by atoms with Crippen molar-refractivity contribution in [1.29, 1.82) is 0 Å². The summed E-state index contributed by atoms with van der Waals surface area (Å²) in [5, 5.41) is 10.9. The molecule has 0 unspecified atom stereocenters. The van der Waals surface area contributed by atoms with Crippen LogP contribution in [0.5, 0.6) is 0 Å². The smallest absolute Gasteiger partial charge is 0.244 e. The fourth-order valence-electron chi connectivity index (χ4n) is 2.06. The monoisotopic (exact) mass is 328 g/mol. The third-order valence-corrected chi connectivity index (χ3v) is 3.22. The molecule has 6 nitrogen and oxygen atoms in total. The summed E-state index contributed by atoms with van der Waals surface area (Å²) in [6, 6.07) is 10.0. The van der Waals surface area contributed by atoms with Crippen LogP contribution in [0.15, 0.2) is 42.6 Å². The van der Waals surface area contributed by atoms with Crippen LogP contribution in [0.3, 0.4) is 0 Å². The summed E-state index contributed by atoms with van der Waals surface area (Å²) in [5.41, 5.74) is 1.81. The molecule has 1 aromatic carbocycles. The molecule has 1 N–H and O–H groups in total. The van der Waals surface area contributed by atoms with Gasteiger partial charge in [-0.15, -0.1) is 5.10 Å². The highest BCUT2D eigenvalue weighted by molar-refractivity contribution is 5.91. The van der Waals surface area contributed by atoms with E-state index in [0.29, 0.717) is 25.4 Å². The van der Waals surface area contributed by atoms with Crippen molar-refractivity contribution < 1.29 is 9.53 Å². The number of carbonyl (C=O) groups excluding carboxylic acids is 1. The van der Waals surface area contributed by atoms with Crippen molar-refractivity contribution in [3.8, 4) is 0 Å². The van der Waals surface area contributed by atoms with E-state index < -0.39 is 0 Å². The number of nitrogens with zero attached hydrogens (tertiary/aromatic N) is 3. The largest absolute Gasteiger partial charge is 0.379 e. The van der Waals surface area contributed by atoms with Crippen molar-refractivity contribution in [3.63, 3.8) is 0 Å². The average Bonchev–Trinajstić information content (AvgIpc) is 3.01. The van der Waals surface area contributed by atoms with E-state index in [9.17, 15) is 4.79 Å². The van der Waals surface area contributed by atoms with Crippen LogP contribution in [0.1, 0.15) is 31.5 Å². The number of ether oxygens (including phenoxy) is 1. The lowest BCUT2D eigenvalue weighted by Crippen LogP contribution is -2.23. The molecule has 0 bridgehead atoms. The first-order valence-electron chi connectivity index (χ1n) is 8.15. The minimum absolute atomic E-state index is 0.142. The highest BCUT2D eigenvalue weighted by Crippen LogP contribution is 2.03. The Morgan fingerprint density at radius 2 is 2.12 bits per heavy atom. The molecule has 1 amide bonds. The van der Waals surface area contributed by atoms with Gasteiger partial charge < -0.3 is 10.1 Å². The zero-order valence-corrected chi connectivity index (χ0v) is 14.2. The summed E-state index contributed by atoms with van der Waals surface area (Å²) in [7, 11) is 0. The van der Waals surface area contributed by atoms with Gasteiger partial charge in [0.15, 0.2) is 0 Å². The van der Waals surface area contributed by atoms with Gasteiger partial charge in [-0.2, -0.15) is 0 Å². The summed E-state index contributed by atoms with van der Waals surface area (Å²) in [6.07, 6.45) is 5.96. The van der Waals surface area contributed by atoms with Gasteiger partial charge in [0.2, 0.25) is 5.91 Å². The quantitative estimate of drug-likeness (QED) is 0.566. The van der Waals surface area contributed by atoms with Crippen LogP contribution in [0.2, 0.25) is 0 Å². The summed E-state index contributed by atoms with van der Waals surface area (Å²) in [4.78, 5) is 11.7. The van der Waals surface area contributed by atoms with Gasteiger partial charge in [-0.05, 0) is 31.9 Å². The van der Waals surface area contributed by atoms with Crippen LogP contribution in [0.25, 0.3) is 6.08 Å². The molecule has 0 aliphatic rings. The van der Waals surface area contributed by atoms with E-state index in [0.717, 1.165) is 12.0 Å². The number of carbonyl (C=O) groups is 1. The second-order valence-corrected chi connectivity index (χ2v) is 5.72. The predicted molar refractivity (Wildman–Crippen MR) is 93.3 cm³/mol. The predicted octanol–water partition coefficient (Wildman–Crippen LogP) is 2.27. The molecule has 2 aromatic rings. The number of nitrogens with one attached hydrogen (secondary N) is 1. The van der Waals surface area contributed by atoms with Gasteiger partial charge in [0.05, 0.1) is 18.8 Å². The van der Waals surface area contributed by atoms with E-state index in [1.54, 1.807) is 10.8 Å². The van der Waals surface area contributed by atoms with Crippen LogP contribution < -0.4 is 5.32 Å². The van der Waals surface area contributed by atoms with E-state index in [4.69, 9.17) is 4.74 Å². The summed E-state index contributed by atoms with van der Waals surface area (Å²) >= 11 is 0. The van der Waals surface area contributed by atoms with E-state index >= 15 is 0 Å². The van der Waals surface area contributed by atoms with E-state index in [2.05, 4.69) is 15.6 Å². The number of amides is 1. The molecule has 0 saturated heterocycles. The van der Waals surface area contributed by atoms with Gasteiger partial charge in [0, 0.05) is 19.2 Å². The van der Waals surface area contributed by atoms with Crippen LogP contribution in [0, 0.1) is 0 Å². The van der Waals surface area contributed by atoms with E-state index in [-0.39, 0.29) is 12.0 Å². The SMILES string of the molecule is CC(C)OCCCNC(=O)C=Cc1cn(Cc2ccccc2)nn1. The van der Waals surface area contributed by atoms with Crippen molar-refractivity contribution >= 4 is 12.0 Å². The summed E-state index contributed by atoms with van der Waals surface area (Å²) in [6.45, 7) is 5.88. The molecule has 24 heavy (non-hydrogen) atoms. The van der Waals surface area contributed by atoms with Crippen LogP contribution in [-0.4, -0.2) is 40.2 Å². The maximum atomic E-state index is 11.7. The minimum atomic E-state index is -0.142. The zero-order valence-electron chi connectivity index (χ0n) is 14.2. The van der Waals surface area contributed by atoms with Crippen molar-refractivity contribution in [3.05, 3.63) is 53.9 Å². The molecule has 6 heteroatoms. The molecule has 0 aliphatic carbocycles. The van der Waals surface area contributed by atoms with Gasteiger partial charge >= 0.3 is 0 Å². The molecule has 0 saturated carbocycles. The maximum Gasteiger partial charge on any atom is 0.244 e. The number of benzene rings is 1. The Morgan fingerprint density at radius 3 is 2.88 bits per heavy atom. The van der Waals surface area contributed by atoms with Crippen molar-refractivity contribution in [2.45, 2.75) is 32.9 Å². The summed E-state index contributed by atoms with van der Waals surface area (Å²) < 4.78 is 7.16. The fraction of sp³-hybridized carbons (Fsp3) is 0.389. The Morgan fingerprint density at radius 1 is 1.33 bits per heavy atom. The number of hydrogen-bond donors (Lipinski definition) is 1. The second kappa shape index (κ2) is 9.62. The first kappa shape index (κ1) is 17.9. The average molecular weight is 328 g/mol. The zero-order chi connectivity index (χ0) is 17.2. The third kappa shape index (κ3) is 6.75. The molecule has 0 spiro atoms. The van der Waals surface area contributed by atoms with Gasteiger partial charge in [-0.3, -0.25) is 4.79 Å². The van der Waals surface area contributed by atoms with Gasteiger partial charge in [0.25, 0.3) is 0 Å². The lowest BCUT2D eigenvalue weighted by atomic mass is 10.2. The number of rotatable bonds is 9. The van der Waals surface area contributed by atoms with Crippen molar-refractivity contribution in [1.82, 2.24) is 20.3 Å². The Bertz CT molecular complexity index is 650. The number of hydrogen-bond acceptors (Lipinski definition) is 4. The number of aromatic nitrogens is 3. The van der Waals surface area contributed by atoms with Crippen LogP contribution in [-0.2, 0) is 16.1 Å². The Kier molecular flexibility index (Phi) is 7.17. The molecular formula is C18H24N4O2. The second-order valence-electron chi connectivity index (χ2n) is 5.72.